The molecule has 1 atom stereocenters. The van der Waals surface area contributed by atoms with E-state index in [0.717, 1.165) is 51.1 Å². The quantitative estimate of drug-likeness (QED) is 0.821. The van der Waals surface area contributed by atoms with Crippen molar-refractivity contribution in [2.24, 2.45) is 0 Å². The van der Waals surface area contributed by atoms with Crippen LogP contribution in [-0.2, 0) is 9.59 Å². The Balaban J connectivity index is 1.57. The molecule has 0 saturated carbocycles. The molecule has 2 aliphatic heterocycles. The summed E-state index contributed by atoms with van der Waals surface area (Å²) < 4.78 is 0. The van der Waals surface area contributed by atoms with Gasteiger partial charge >= 0.3 is 5.97 Å². The van der Waals surface area contributed by atoms with Crippen LogP contribution in [0.15, 0.2) is 24.3 Å². The predicted octanol–water partition coefficient (Wildman–Crippen LogP) is 2.32. The van der Waals surface area contributed by atoms with E-state index < -0.39 is 5.97 Å². The maximum atomic E-state index is 12.9. The van der Waals surface area contributed by atoms with Crippen LogP contribution in [0, 0.1) is 0 Å². The molecule has 0 aromatic heterocycles. The zero-order valence-corrected chi connectivity index (χ0v) is 15.9. The van der Waals surface area contributed by atoms with Gasteiger partial charge in [-0.15, -0.1) is 0 Å². The molecule has 142 valence electrons. The molecule has 0 aliphatic carbocycles. The zero-order valence-electron chi connectivity index (χ0n) is 15.1. The van der Waals surface area contributed by atoms with Gasteiger partial charge in [-0.25, -0.2) is 0 Å². The maximum Gasteiger partial charge on any atom is 0.317 e. The monoisotopic (exact) mass is 379 g/mol. The van der Waals surface area contributed by atoms with Gasteiger partial charge in [-0.3, -0.25) is 19.4 Å². The SMILES string of the molecule is CCN(CC(=O)O)C1CCN(C2CCN(c3ccc(Cl)cc3)C2=O)CC1. The summed E-state index contributed by atoms with van der Waals surface area (Å²) in [4.78, 5) is 30.0. The van der Waals surface area contributed by atoms with Crippen LogP contribution in [0.25, 0.3) is 0 Å². The second kappa shape index (κ2) is 8.37. The molecule has 0 radical (unpaired) electrons. The molecule has 3 rings (SSSR count). The van der Waals surface area contributed by atoms with E-state index in [-0.39, 0.29) is 24.5 Å². The number of carbonyl (C=O) groups is 2. The summed E-state index contributed by atoms with van der Waals surface area (Å²) in [5, 5.41) is 9.72. The number of likely N-dealkylation sites (tertiary alicyclic amines) is 1. The minimum atomic E-state index is -0.779. The van der Waals surface area contributed by atoms with Crippen molar-refractivity contribution >= 4 is 29.2 Å². The number of aliphatic carboxylic acids is 1. The molecule has 1 amide bonds. The second-order valence-electron chi connectivity index (χ2n) is 6.99. The zero-order chi connectivity index (χ0) is 18.7. The van der Waals surface area contributed by atoms with E-state index in [1.54, 1.807) is 0 Å². The van der Waals surface area contributed by atoms with Crippen LogP contribution in [0.2, 0.25) is 5.02 Å². The smallest absolute Gasteiger partial charge is 0.317 e. The van der Waals surface area contributed by atoms with Gasteiger partial charge in [-0.05, 0) is 50.1 Å². The Morgan fingerprint density at radius 1 is 1.19 bits per heavy atom. The van der Waals surface area contributed by atoms with Crippen LogP contribution in [0.4, 0.5) is 5.69 Å². The van der Waals surface area contributed by atoms with Crippen LogP contribution in [0.1, 0.15) is 26.2 Å². The number of nitrogens with zero attached hydrogens (tertiary/aromatic N) is 3. The Labute approximate surface area is 159 Å². The van der Waals surface area contributed by atoms with Gasteiger partial charge < -0.3 is 10.0 Å². The molecule has 2 fully saturated rings. The maximum absolute atomic E-state index is 12.9. The van der Waals surface area contributed by atoms with E-state index in [2.05, 4.69) is 4.90 Å². The standard InChI is InChI=1S/C19H26ClN3O3/c1-2-21(13-18(24)25)15-7-10-22(11-8-15)17-9-12-23(19(17)26)16-5-3-14(20)4-6-16/h3-6,15,17H,2,7-13H2,1H3,(H,24,25). The second-order valence-corrected chi connectivity index (χ2v) is 7.43. The summed E-state index contributed by atoms with van der Waals surface area (Å²) in [7, 11) is 0. The fourth-order valence-electron chi connectivity index (χ4n) is 4.12. The van der Waals surface area contributed by atoms with Gasteiger partial charge in [0.15, 0.2) is 0 Å². The van der Waals surface area contributed by atoms with Gasteiger partial charge in [0, 0.05) is 36.4 Å². The predicted molar refractivity (Wildman–Crippen MR) is 102 cm³/mol. The van der Waals surface area contributed by atoms with Gasteiger partial charge in [0.2, 0.25) is 5.91 Å². The van der Waals surface area contributed by atoms with E-state index in [1.165, 1.54) is 0 Å². The van der Waals surface area contributed by atoms with Gasteiger partial charge in [-0.1, -0.05) is 18.5 Å². The molecule has 6 nitrogen and oxygen atoms in total. The molecule has 2 aliphatic rings. The third-order valence-corrected chi connectivity index (χ3v) is 5.77. The van der Waals surface area contributed by atoms with Crippen molar-refractivity contribution in [2.75, 3.05) is 37.6 Å². The molecule has 1 unspecified atom stereocenters. The van der Waals surface area contributed by atoms with Crippen LogP contribution in [0.5, 0.6) is 0 Å². The van der Waals surface area contributed by atoms with Crippen LogP contribution in [-0.4, -0.2) is 71.6 Å². The molecule has 7 heteroatoms. The van der Waals surface area contributed by atoms with Gasteiger partial charge in [0.1, 0.15) is 0 Å². The average molecular weight is 380 g/mol. The van der Waals surface area contributed by atoms with Crippen molar-refractivity contribution in [1.82, 2.24) is 9.80 Å². The molecule has 26 heavy (non-hydrogen) atoms. The number of amides is 1. The number of hydrogen-bond donors (Lipinski definition) is 1. The van der Waals surface area contributed by atoms with Crippen LogP contribution >= 0.6 is 11.6 Å². The first kappa shape index (κ1) is 19.1. The first-order valence-electron chi connectivity index (χ1n) is 9.26. The van der Waals surface area contributed by atoms with Gasteiger partial charge in [-0.2, -0.15) is 0 Å². The minimum absolute atomic E-state index is 0.0684. The summed E-state index contributed by atoms with van der Waals surface area (Å²) in [6.07, 6.45) is 2.65. The van der Waals surface area contributed by atoms with E-state index >= 15 is 0 Å². The van der Waals surface area contributed by atoms with Crippen molar-refractivity contribution < 1.29 is 14.7 Å². The Bertz CT molecular complexity index is 644. The molecule has 2 heterocycles. The lowest BCUT2D eigenvalue weighted by Gasteiger charge is -2.39. The van der Waals surface area contributed by atoms with E-state index in [1.807, 2.05) is 41.0 Å². The summed E-state index contributed by atoms with van der Waals surface area (Å²) in [5.41, 5.74) is 0.899. The fraction of sp³-hybridized carbons (Fsp3) is 0.579. The Hall–Kier alpha value is -1.63. The summed E-state index contributed by atoms with van der Waals surface area (Å²) in [6.45, 7) is 5.24. The number of halogens is 1. The highest BCUT2D eigenvalue weighted by Gasteiger charge is 2.38. The number of benzene rings is 1. The van der Waals surface area contributed by atoms with Crippen LogP contribution in [0.3, 0.4) is 0 Å². The van der Waals surface area contributed by atoms with Gasteiger partial charge in [0.25, 0.3) is 0 Å². The van der Waals surface area contributed by atoms with E-state index in [4.69, 9.17) is 16.7 Å². The largest absolute Gasteiger partial charge is 0.480 e. The molecular weight excluding hydrogens is 354 g/mol. The van der Waals surface area contributed by atoms with E-state index in [0.29, 0.717) is 5.02 Å². The van der Waals surface area contributed by atoms with Crippen molar-refractivity contribution in [3.63, 3.8) is 0 Å². The molecule has 1 aromatic carbocycles. The molecular formula is C19H26ClN3O3. The average Bonchev–Trinajstić information content (AvgIpc) is 3.02. The fourth-order valence-corrected chi connectivity index (χ4v) is 4.24. The lowest BCUT2D eigenvalue weighted by atomic mass is 10.0. The van der Waals surface area contributed by atoms with Crippen molar-refractivity contribution in [2.45, 2.75) is 38.3 Å². The summed E-state index contributed by atoms with van der Waals surface area (Å²) in [5.74, 6) is -0.623. The third kappa shape index (κ3) is 4.19. The number of carboxylic acids is 1. The van der Waals surface area contributed by atoms with Crippen molar-refractivity contribution in [1.29, 1.82) is 0 Å². The number of piperidine rings is 1. The highest BCUT2D eigenvalue weighted by molar-refractivity contribution is 6.30. The topological polar surface area (TPSA) is 64.1 Å². The number of rotatable bonds is 6. The van der Waals surface area contributed by atoms with Crippen LogP contribution < -0.4 is 4.90 Å². The Morgan fingerprint density at radius 3 is 2.42 bits per heavy atom. The molecule has 1 N–H and O–H groups in total. The number of anilines is 1. The summed E-state index contributed by atoms with van der Waals surface area (Å²) in [6, 6.07) is 7.62. The first-order chi connectivity index (χ1) is 12.5. The highest BCUT2D eigenvalue weighted by Crippen LogP contribution is 2.28. The van der Waals surface area contributed by atoms with E-state index in [9.17, 15) is 9.59 Å². The lowest BCUT2D eigenvalue weighted by molar-refractivity contribution is -0.139. The molecule has 0 spiro atoms. The normalized spacial score (nSPS) is 22.3. The van der Waals surface area contributed by atoms with Crippen molar-refractivity contribution in [3.8, 4) is 0 Å². The first-order valence-corrected chi connectivity index (χ1v) is 9.64. The number of carboxylic acid groups (broad SMARTS) is 1. The number of hydrogen-bond acceptors (Lipinski definition) is 4. The number of likely N-dealkylation sites (N-methyl/N-ethyl adjacent to an activating group) is 1. The van der Waals surface area contributed by atoms with Gasteiger partial charge in [0.05, 0.1) is 12.6 Å². The Kier molecular flexibility index (Phi) is 6.16. The molecule has 0 bridgehead atoms. The molecule has 1 aromatic rings. The lowest BCUT2D eigenvalue weighted by Crippen LogP contribution is -2.51. The third-order valence-electron chi connectivity index (χ3n) is 5.52. The minimum Gasteiger partial charge on any atom is -0.480 e. The summed E-state index contributed by atoms with van der Waals surface area (Å²) >= 11 is 5.94. The Morgan fingerprint density at radius 2 is 1.85 bits per heavy atom. The molecule has 2 saturated heterocycles. The van der Waals surface area contributed by atoms with Crippen molar-refractivity contribution in [3.05, 3.63) is 29.3 Å². The highest BCUT2D eigenvalue weighted by atomic mass is 35.5. The number of carbonyl (C=O) groups excluding carboxylic acids is 1.